The number of halogens is 2. The van der Waals surface area contributed by atoms with Crippen LogP contribution in [0, 0.1) is 10.1 Å². The van der Waals surface area contributed by atoms with Crippen molar-refractivity contribution >= 4 is 55.0 Å². The number of nitrogens with two attached hydrogens (primary N) is 1. The molecule has 0 aliphatic heterocycles. The molecule has 30 heavy (non-hydrogen) atoms. The Morgan fingerprint density at radius 2 is 1.50 bits per heavy atom. The number of anilines is 1. The number of Topliss-reactive ketones (excluding diaryl/α,β-unsaturated/α-hetero) is 1. The van der Waals surface area contributed by atoms with Crippen molar-refractivity contribution in [3.8, 4) is 0 Å². The minimum absolute atomic E-state index is 0.137. The van der Waals surface area contributed by atoms with Crippen molar-refractivity contribution in [1.29, 1.82) is 0 Å². The fraction of sp³-hybridized carbons (Fsp3) is 0.0476. The molecule has 152 valence electrons. The second-order valence-corrected chi connectivity index (χ2v) is 7.93. The van der Waals surface area contributed by atoms with E-state index in [2.05, 4.69) is 31.9 Å². The summed E-state index contributed by atoms with van der Waals surface area (Å²) in [4.78, 5) is 36.2. The van der Waals surface area contributed by atoms with Gasteiger partial charge in [0, 0.05) is 32.2 Å². The minimum Gasteiger partial charge on any atom is -0.445 e. The molecule has 0 heterocycles. The van der Waals surface area contributed by atoms with Gasteiger partial charge in [-0.25, -0.2) is 4.79 Å². The van der Waals surface area contributed by atoms with Crippen LogP contribution in [0.5, 0.6) is 0 Å². The fourth-order valence-corrected chi connectivity index (χ4v) is 3.86. The van der Waals surface area contributed by atoms with Crippen LogP contribution in [0.3, 0.4) is 0 Å². The van der Waals surface area contributed by atoms with E-state index in [1.807, 2.05) is 0 Å². The fourth-order valence-electron chi connectivity index (χ4n) is 2.67. The first-order valence-corrected chi connectivity index (χ1v) is 10.2. The van der Waals surface area contributed by atoms with E-state index in [0.29, 0.717) is 25.8 Å². The van der Waals surface area contributed by atoms with Crippen molar-refractivity contribution in [3.05, 3.63) is 102 Å². The number of nitro benzene ring substituents is 1. The molecule has 3 aromatic carbocycles. The number of carbonyl (C=O) groups excluding carboxylic acids is 2. The molecule has 2 N–H and O–H groups in total. The quantitative estimate of drug-likeness (QED) is 0.147. The molecule has 9 heteroatoms. The maximum absolute atomic E-state index is 13.1. The van der Waals surface area contributed by atoms with E-state index < -0.39 is 22.8 Å². The highest BCUT2D eigenvalue weighted by molar-refractivity contribution is 9.11. The molecule has 0 saturated carbocycles. The highest BCUT2D eigenvalue weighted by Crippen LogP contribution is 2.31. The number of rotatable bonds is 6. The summed E-state index contributed by atoms with van der Waals surface area (Å²) in [7, 11) is 0. The lowest BCUT2D eigenvalue weighted by Gasteiger charge is -2.18. The van der Waals surface area contributed by atoms with Gasteiger partial charge in [0.15, 0.2) is 6.10 Å². The van der Waals surface area contributed by atoms with Gasteiger partial charge in [-0.1, -0.05) is 30.3 Å². The number of carbonyl (C=O) groups is 2. The minimum atomic E-state index is -1.28. The van der Waals surface area contributed by atoms with Crippen molar-refractivity contribution in [2.24, 2.45) is 0 Å². The average Bonchev–Trinajstić information content (AvgIpc) is 2.75. The Morgan fingerprint density at radius 3 is 2.03 bits per heavy atom. The molecule has 0 unspecified atom stereocenters. The number of non-ortho nitro benzene ring substituents is 1. The van der Waals surface area contributed by atoms with Gasteiger partial charge in [-0.15, -0.1) is 0 Å². The van der Waals surface area contributed by atoms with Crippen LogP contribution in [0.25, 0.3) is 0 Å². The van der Waals surface area contributed by atoms with Gasteiger partial charge in [0.2, 0.25) is 5.78 Å². The largest absolute Gasteiger partial charge is 0.445 e. The molecular formula is C21H14Br2N2O5. The van der Waals surface area contributed by atoms with Crippen LogP contribution in [0.2, 0.25) is 0 Å². The first-order valence-electron chi connectivity index (χ1n) is 8.57. The van der Waals surface area contributed by atoms with Gasteiger partial charge >= 0.3 is 5.97 Å². The molecule has 3 aromatic rings. The topological polar surface area (TPSA) is 113 Å². The molecule has 0 amide bonds. The normalized spacial score (nSPS) is 11.5. The van der Waals surface area contributed by atoms with E-state index in [9.17, 15) is 19.7 Å². The van der Waals surface area contributed by atoms with Gasteiger partial charge in [0.05, 0.1) is 16.2 Å². The summed E-state index contributed by atoms with van der Waals surface area (Å²) in [5.74, 6) is -1.20. The number of nitro groups is 1. The SMILES string of the molecule is Nc1c(Br)cc(C(=O)O[C@H](C(=O)c2ccccc2)c2ccc([N+](=O)[O-])cc2)cc1Br. The summed E-state index contributed by atoms with van der Waals surface area (Å²) in [5, 5.41) is 10.9. The van der Waals surface area contributed by atoms with E-state index in [4.69, 9.17) is 10.5 Å². The zero-order valence-electron chi connectivity index (χ0n) is 15.2. The molecule has 0 radical (unpaired) electrons. The lowest BCUT2D eigenvalue weighted by Crippen LogP contribution is -2.20. The number of ether oxygens (including phenoxy) is 1. The van der Waals surface area contributed by atoms with Crippen molar-refractivity contribution in [2.75, 3.05) is 5.73 Å². The number of nitrogen functional groups attached to an aromatic ring is 1. The summed E-state index contributed by atoms with van der Waals surface area (Å²) in [6.45, 7) is 0. The number of nitrogens with zero attached hydrogens (tertiary/aromatic N) is 1. The van der Waals surface area contributed by atoms with E-state index >= 15 is 0 Å². The first-order chi connectivity index (χ1) is 14.3. The lowest BCUT2D eigenvalue weighted by molar-refractivity contribution is -0.384. The van der Waals surface area contributed by atoms with Crippen LogP contribution >= 0.6 is 31.9 Å². The molecule has 0 aromatic heterocycles. The molecule has 0 saturated heterocycles. The third kappa shape index (κ3) is 4.74. The molecule has 3 rings (SSSR count). The lowest BCUT2D eigenvalue weighted by atomic mass is 9.99. The Labute approximate surface area is 188 Å². The summed E-state index contributed by atoms with van der Waals surface area (Å²) < 4.78 is 6.53. The monoisotopic (exact) mass is 532 g/mol. The third-order valence-electron chi connectivity index (χ3n) is 4.24. The number of ketones is 1. The summed E-state index contributed by atoms with van der Waals surface area (Å²) >= 11 is 6.54. The summed E-state index contributed by atoms with van der Waals surface area (Å²) in [5.41, 5.74) is 6.96. The predicted molar refractivity (Wildman–Crippen MR) is 118 cm³/mol. The second-order valence-electron chi connectivity index (χ2n) is 6.22. The van der Waals surface area contributed by atoms with Crippen LogP contribution < -0.4 is 5.73 Å². The van der Waals surface area contributed by atoms with E-state index in [-0.39, 0.29) is 11.3 Å². The Balaban J connectivity index is 1.98. The van der Waals surface area contributed by atoms with Crippen molar-refractivity contribution in [2.45, 2.75) is 6.10 Å². The highest BCUT2D eigenvalue weighted by Gasteiger charge is 2.28. The van der Waals surface area contributed by atoms with Crippen LogP contribution in [0.1, 0.15) is 32.4 Å². The number of hydrogen-bond donors (Lipinski definition) is 1. The Bertz CT molecular complexity index is 1090. The maximum Gasteiger partial charge on any atom is 0.339 e. The standard InChI is InChI=1S/C21H14Br2N2O5/c22-16-10-14(11-17(23)18(16)24)21(27)30-20(19(26)12-4-2-1-3-5-12)13-6-8-15(9-7-13)25(28)29/h1-11,20H,24H2/t20-/m0/s1. The smallest absolute Gasteiger partial charge is 0.339 e. The van der Waals surface area contributed by atoms with Crippen LogP contribution in [-0.4, -0.2) is 16.7 Å². The van der Waals surface area contributed by atoms with Crippen molar-refractivity contribution < 1.29 is 19.2 Å². The molecule has 0 fully saturated rings. The van der Waals surface area contributed by atoms with Gasteiger partial charge in [-0.05, 0) is 56.1 Å². The Morgan fingerprint density at radius 1 is 0.933 bits per heavy atom. The molecule has 0 aliphatic rings. The molecule has 0 bridgehead atoms. The molecule has 0 aliphatic carbocycles. The molecule has 1 atom stereocenters. The maximum atomic E-state index is 13.1. The zero-order chi connectivity index (χ0) is 21.8. The van der Waals surface area contributed by atoms with Gasteiger partial charge in [0.1, 0.15) is 0 Å². The van der Waals surface area contributed by atoms with Gasteiger partial charge in [-0.2, -0.15) is 0 Å². The second kappa shape index (κ2) is 9.19. The average molecular weight is 534 g/mol. The molecule has 7 nitrogen and oxygen atoms in total. The summed E-state index contributed by atoms with van der Waals surface area (Å²) in [6.07, 6.45) is -1.28. The van der Waals surface area contributed by atoms with Crippen molar-refractivity contribution in [1.82, 2.24) is 0 Å². The first kappa shape index (κ1) is 21.7. The van der Waals surface area contributed by atoms with Gasteiger partial charge < -0.3 is 10.5 Å². The van der Waals surface area contributed by atoms with Gasteiger partial charge in [0.25, 0.3) is 5.69 Å². The van der Waals surface area contributed by atoms with Crippen LogP contribution in [-0.2, 0) is 4.74 Å². The Hall–Kier alpha value is -3.04. The zero-order valence-corrected chi connectivity index (χ0v) is 18.4. The summed E-state index contributed by atoms with van der Waals surface area (Å²) in [6, 6.07) is 16.6. The van der Waals surface area contributed by atoms with Crippen LogP contribution in [0.4, 0.5) is 11.4 Å². The third-order valence-corrected chi connectivity index (χ3v) is 5.55. The number of hydrogen-bond acceptors (Lipinski definition) is 6. The van der Waals surface area contributed by atoms with Gasteiger partial charge in [-0.3, -0.25) is 14.9 Å². The molecular weight excluding hydrogens is 520 g/mol. The highest BCUT2D eigenvalue weighted by atomic mass is 79.9. The van der Waals surface area contributed by atoms with Crippen molar-refractivity contribution in [3.63, 3.8) is 0 Å². The van der Waals surface area contributed by atoms with E-state index in [0.717, 1.165) is 0 Å². The number of benzene rings is 3. The predicted octanol–water partition coefficient (Wildman–Crippen LogP) is 5.48. The molecule has 0 spiro atoms. The Kier molecular flexibility index (Phi) is 6.63. The van der Waals surface area contributed by atoms with Crippen LogP contribution in [0.15, 0.2) is 75.7 Å². The van der Waals surface area contributed by atoms with E-state index in [1.165, 1.54) is 36.4 Å². The number of esters is 1. The van der Waals surface area contributed by atoms with E-state index in [1.54, 1.807) is 30.3 Å².